The molecule has 2 fully saturated rings. The molecule has 0 spiro atoms. The third-order valence-electron chi connectivity index (χ3n) is 9.22. The van der Waals surface area contributed by atoms with E-state index in [0.717, 1.165) is 49.9 Å². The average Bonchev–Trinajstić information content (AvgIpc) is 3.51. The molecule has 0 heterocycles. The first kappa shape index (κ1) is 29.0. The summed E-state index contributed by atoms with van der Waals surface area (Å²) in [5.41, 5.74) is -0.230. The molecule has 0 amide bonds. The molecule has 2 aromatic rings. The topological polar surface area (TPSA) is 9.23 Å². The van der Waals surface area contributed by atoms with E-state index in [1.807, 2.05) is 0 Å². The van der Waals surface area contributed by atoms with E-state index in [9.17, 15) is 8.78 Å². The highest BCUT2D eigenvalue weighted by molar-refractivity contribution is 5.66. The number of halogens is 4. The summed E-state index contributed by atoms with van der Waals surface area (Å²) in [6, 6.07) is 5.49. The fraction of sp³-hybridized carbons (Fsp3) is 0.636. The Morgan fingerprint density at radius 2 is 1.24 bits per heavy atom. The number of ether oxygens (including phenoxy) is 1. The van der Waals surface area contributed by atoms with Crippen LogP contribution < -0.4 is 4.74 Å². The van der Waals surface area contributed by atoms with Crippen LogP contribution in [0.1, 0.15) is 103 Å². The van der Waals surface area contributed by atoms with E-state index in [2.05, 4.69) is 13.8 Å². The minimum absolute atomic E-state index is 0.199. The fourth-order valence-corrected chi connectivity index (χ4v) is 7.11. The third-order valence-corrected chi connectivity index (χ3v) is 9.22. The molecule has 2 aromatic carbocycles. The molecule has 2 aliphatic carbocycles. The van der Waals surface area contributed by atoms with Crippen molar-refractivity contribution in [3.63, 3.8) is 0 Å². The molecule has 4 rings (SSSR count). The summed E-state index contributed by atoms with van der Waals surface area (Å²) in [4.78, 5) is 0. The van der Waals surface area contributed by atoms with Crippen LogP contribution in [0.2, 0.25) is 0 Å². The van der Waals surface area contributed by atoms with Crippen LogP contribution in [-0.4, -0.2) is 6.61 Å². The highest BCUT2D eigenvalue weighted by atomic mass is 19.2. The summed E-state index contributed by atoms with van der Waals surface area (Å²) in [6.07, 6.45) is 15.4. The molecule has 2 aliphatic rings. The minimum atomic E-state index is -1.21. The van der Waals surface area contributed by atoms with Crippen molar-refractivity contribution in [1.82, 2.24) is 0 Å². The maximum Gasteiger partial charge on any atom is 0.201 e. The van der Waals surface area contributed by atoms with Gasteiger partial charge in [-0.05, 0) is 86.3 Å². The van der Waals surface area contributed by atoms with E-state index in [-0.39, 0.29) is 23.5 Å². The number of aryl methyl sites for hydroxylation is 1. The first-order valence-electron chi connectivity index (χ1n) is 15.0. The molecule has 2 saturated carbocycles. The summed E-state index contributed by atoms with van der Waals surface area (Å²) in [6.45, 7) is 4.62. The molecule has 0 N–H and O–H groups in total. The summed E-state index contributed by atoms with van der Waals surface area (Å²) in [5.74, 6) is -1.70. The first-order valence-corrected chi connectivity index (χ1v) is 15.0. The Morgan fingerprint density at radius 3 is 1.92 bits per heavy atom. The van der Waals surface area contributed by atoms with Gasteiger partial charge < -0.3 is 4.74 Å². The van der Waals surface area contributed by atoms with Crippen molar-refractivity contribution in [3.05, 3.63) is 53.1 Å². The van der Waals surface area contributed by atoms with E-state index in [1.54, 1.807) is 0 Å². The second-order valence-corrected chi connectivity index (χ2v) is 11.6. The average molecular weight is 533 g/mol. The SMILES string of the molecule is CCCCCCOc1ccc(-c2ccc(CCC3CCC4C(CCCCC)CCC34)c(F)c2F)c(F)c1F. The second-order valence-electron chi connectivity index (χ2n) is 11.6. The minimum Gasteiger partial charge on any atom is -0.490 e. The van der Waals surface area contributed by atoms with Gasteiger partial charge in [0.25, 0.3) is 0 Å². The Morgan fingerprint density at radius 1 is 0.632 bits per heavy atom. The van der Waals surface area contributed by atoms with Crippen molar-refractivity contribution in [2.24, 2.45) is 23.7 Å². The van der Waals surface area contributed by atoms with Gasteiger partial charge in [-0.3, -0.25) is 0 Å². The van der Waals surface area contributed by atoms with Gasteiger partial charge in [-0.1, -0.05) is 70.9 Å². The molecule has 0 saturated heterocycles. The van der Waals surface area contributed by atoms with Crippen molar-refractivity contribution < 1.29 is 22.3 Å². The molecule has 0 aliphatic heterocycles. The van der Waals surface area contributed by atoms with Gasteiger partial charge in [0.1, 0.15) is 0 Å². The van der Waals surface area contributed by atoms with Gasteiger partial charge in [0.05, 0.1) is 6.61 Å². The molecular weight excluding hydrogens is 488 g/mol. The molecule has 5 heteroatoms. The maximum atomic E-state index is 15.1. The van der Waals surface area contributed by atoms with E-state index >= 15 is 8.78 Å². The zero-order chi connectivity index (χ0) is 27.1. The number of rotatable bonds is 14. The largest absolute Gasteiger partial charge is 0.490 e. The number of hydrogen-bond donors (Lipinski definition) is 0. The summed E-state index contributed by atoms with van der Waals surface area (Å²) < 4.78 is 65.1. The summed E-state index contributed by atoms with van der Waals surface area (Å²) in [7, 11) is 0. The van der Waals surface area contributed by atoms with Crippen molar-refractivity contribution in [3.8, 4) is 16.9 Å². The van der Waals surface area contributed by atoms with Gasteiger partial charge in [-0.15, -0.1) is 0 Å². The van der Waals surface area contributed by atoms with Crippen LogP contribution in [0.5, 0.6) is 5.75 Å². The highest BCUT2D eigenvalue weighted by Gasteiger charge is 2.43. The predicted molar refractivity (Wildman–Crippen MR) is 146 cm³/mol. The Labute approximate surface area is 226 Å². The normalized spacial score (nSPS) is 22.7. The van der Waals surface area contributed by atoms with Crippen molar-refractivity contribution in [2.45, 2.75) is 104 Å². The monoisotopic (exact) mass is 532 g/mol. The maximum absolute atomic E-state index is 15.1. The van der Waals surface area contributed by atoms with Gasteiger partial charge in [0, 0.05) is 11.1 Å². The lowest BCUT2D eigenvalue weighted by Gasteiger charge is -2.21. The van der Waals surface area contributed by atoms with Crippen LogP contribution in [0, 0.1) is 46.9 Å². The quantitative estimate of drug-likeness (QED) is 0.174. The van der Waals surface area contributed by atoms with Gasteiger partial charge in [0.2, 0.25) is 5.82 Å². The predicted octanol–water partition coefficient (Wildman–Crippen LogP) is 10.4. The van der Waals surface area contributed by atoms with Gasteiger partial charge >= 0.3 is 0 Å². The van der Waals surface area contributed by atoms with Gasteiger partial charge in [-0.2, -0.15) is 4.39 Å². The smallest absolute Gasteiger partial charge is 0.201 e. The molecular formula is C33H44F4O. The highest BCUT2D eigenvalue weighted by Crippen LogP contribution is 2.53. The first-order chi connectivity index (χ1) is 18.5. The van der Waals surface area contributed by atoms with Gasteiger partial charge in [0.15, 0.2) is 23.2 Å². The molecule has 4 atom stereocenters. The molecule has 1 nitrogen and oxygen atoms in total. The van der Waals surface area contributed by atoms with Crippen LogP contribution in [-0.2, 0) is 6.42 Å². The fourth-order valence-electron chi connectivity index (χ4n) is 7.11. The van der Waals surface area contributed by atoms with Crippen LogP contribution in [0.4, 0.5) is 17.6 Å². The molecule has 0 bridgehead atoms. The Bertz CT molecular complexity index is 1050. The van der Waals surface area contributed by atoms with Crippen molar-refractivity contribution in [2.75, 3.05) is 6.61 Å². The summed E-state index contributed by atoms with van der Waals surface area (Å²) in [5, 5.41) is 0. The lowest BCUT2D eigenvalue weighted by molar-refractivity contribution is 0.285. The number of fused-ring (bicyclic) bond motifs is 1. The zero-order valence-corrected chi connectivity index (χ0v) is 23.1. The van der Waals surface area contributed by atoms with Crippen LogP contribution in [0.25, 0.3) is 11.1 Å². The number of hydrogen-bond acceptors (Lipinski definition) is 1. The third kappa shape index (κ3) is 6.57. The zero-order valence-electron chi connectivity index (χ0n) is 23.1. The summed E-state index contributed by atoms with van der Waals surface area (Å²) >= 11 is 0. The standard InChI is InChI=1S/C33H44F4O/c1-3-5-7-9-21-38-29-20-19-28(32(36)33(29)37)27-18-15-24(30(34)31(27)35)12-11-23-14-17-25-22(10-8-6-4-2)13-16-26(23)25/h15,18-20,22-23,25-26H,3-14,16-17,21H2,1-2H3. The van der Waals surface area contributed by atoms with E-state index in [4.69, 9.17) is 4.74 Å². The van der Waals surface area contributed by atoms with E-state index < -0.39 is 23.3 Å². The van der Waals surface area contributed by atoms with Crippen molar-refractivity contribution in [1.29, 1.82) is 0 Å². The lowest BCUT2D eigenvalue weighted by Crippen LogP contribution is -2.14. The van der Waals surface area contributed by atoms with E-state index in [0.29, 0.717) is 17.9 Å². The van der Waals surface area contributed by atoms with Gasteiger partial charge in [-0.25, -0.2) is 13.2 Å². The number of benzene rings is 2. The number of unbranched alkanes of at least 4 members (excludes halogenated alkanes) is 5. The Balaban J connectivity index is 1.37. The van der Waals surface area contributed by atoms with Crippen LogP contribution >= 0.6 is 0 Å². The Hall–Kier alpha value is -2.04. The lowest BCUT2D eigenvalue weighted by atomic mass is 9.84. The van der Waals surface area contributed by atoms with Crippen molar-refractivity contribution >= 4 is 0 Å². The van der Waals surface area contributed by atoms with Crippen LogP contribution in [0.3, 0.4) is 0 Å². The van der Waals surface area contributed by atoms with Crippen LogP contribution in [0.15, 0.2) is 24.3 Å². The molecule has 4 unspecified atom stereocenters. The Kier molecular flexibility index (Phi) is 10.6. The molecule has 38 heavy (non-hydrogen) atoms. The second kappa shape index (κ2) is 13.8. The molecule has 210 valence electrons. The molecule has 0 radical (unpaired) electrons. The molecule has 0 aromatic heterocycles. The van der Waals surface area contributed by atoms with E-state index in [1.165, 1.54) is 75.6 Å².